The Labute approximate surface area is 74.5 Å². The second-order valence-corrected chi connectivity index (χ2v) is 4.17. The third-order valence-electron chi connectivity index (χ3n) is 2.95. The van der Waals surface area contributed by atoms with E-state index in [4.69, 9.17) is 5.73 Å². The van der Waals surface area contributed by atoms with E-state index < -0.39 is 0 Å². The number of nitrogens with two attached hydrogens (primary N) is 1. The molecule has 0 spiro atoms. The van der Waals surface area contributed by atoms with Gasteiger partial charge in [0, 0.05) is 0 Å². The Morgan fingerprint density at radius 1 is 1.50 bits per heavy atom. The fourth-order valence-corrected chi connectivity index (χ4v) is 2.14. The highest BCUT2D eigenvalue weighted by Crippen LogP contribution is 2.30. The van der Waals surface area contributed by atoms with Crippen molar-refractivity contribution < 1.29 is 4.79 Å². The smallest absolute Gasteiger partial charge is 0.146 e. The van der Waals surface area contributed by atoms with Crippen molar-refractivity contribution in [2.75, 3.05) is 0 Å². The molecule has 70 valence electrons. The van der Waals surface area contributed by atoms with Crippen molar-refractivity contribution in [3.05, 3.63) is 0 Å². The van der Waals surface area contributed by atoms with E-state index in [-0.39, 0.29) is 11.8 Å². The van der Waals surface area contributed by atoms with Gasteiger partial charge in [-0.15, -0.1) is 0 Å². The summed E-state index contributed by atoms with van der Waals surface area (Å²) in [6.07, 6.45) is 4.83. The minimum atomic E-state index is -0.201. The van der Waals surface area contributed by atoms with Crippen molar-refractivity contribution in [2.45, 2.75) is 45.6 Å². The number of rotatable bonds is 2. The summed E-state index contributed by atoms with van der Waals surface area (Å²) in [5.74, 6) is 1.36. The topological polar surface area (TPSA) is 43.1 Å². The maximum Gasteiger partial charge on any atom is 0.146 e. The molecule has 1 aliphatic carbocycles. The van der Waals surface area contributed by atoms with Crippen LogP contribution in [0.1, 0.15) is 39.5 Å². The number of hydrogen-bond acceptors (Lipinski definition) is 2. The molecule has 0 aliphatic heterocycles. The van der Waals surface area contributed by atoms with Crippen molar-refractivity contribution in [1.82, 2.24) is 0 Å². The van der Waals surface area contributed by atoms with E-state index in [1.54, 1.807) is 6.92 Å². The average molecular weight is 169 g/mol. The highest BCUT2D eigenvalue weighted by atomic mass is 16.1. The number of Topliss-reactive ketones (excluding diaryl/α,β-unsaturated/α-hetero) is 1. The Morgan fingerprint density at radius 3 is 2.67 bits per heavy atom. The molecule has 0 bridgehead atoms. The van der Waals surface area contributed by atoms with Crippen LogP contribution in [-0.2, 0) is 4.79 Å². The van der Waals surface area contributed by atoms with Crippen LogP contribution in [0.15, 0.2) is 0 Å². The van der Waals surface area contributed by atoms with Crippen LogP contribution in [0.5, 0.6) is 0 Å². The first-order valence-electron chi connectivity index (χ1n) is 4.87. The molecule has 1 saturated carbocycles. The van der Waals surface area contributed by atoms with E-state index >= 15 is 0 Å². The average Bonchev–Trinajstić information content (AvgIpc) is 2.03. The SMILES string of the molecule is CC(=O)C(N)C1CCCC(C)C1. The summed E-state index contributed by atoms with van der Waals surface area (Å²) < 4.78 is 0. The van der Waals surface area contributed by atoms with Crippen LogP contribution >= 0.6 is 0 Å². The van der Waals surface area contributed by atoms with E-state index in [0.717, 1.165) is 18.8 Å². The Bertz CT molecular complexity index is 167. The highest BCUT2D eigenvalue weighted by Gasteiger charge is 2.26. The molecule has 0 aromatic rings. The zero-order valence-corrected chi connectivity index (χ0v) is 8.05. The van der Waals surface area contributed by atoms with E-state index in [1.807, 2.05) is 0 Å². The van der Waals surface area contributed by atoms with E-state index in [1.165, 1.54) is 12.8 Å². The first-order valence-corrected chi connectivity index (χ1v) is 4.87. The summed E-state index contributed by atoms with van der Waals surface area (Å²) in [5, 5.41) is 0. The fraction of sp³-hybridized carbons (Fsp3) is 0.900. The molecule has 0 radical (unpaired) electrons. The molecule has 2 nitrogen and oxygen atoms in total. The number of hydrogen-bond donors (Lipinski definition) is 1. The molecule has 0 amide bonds. The number of carbonyl (C=O) groups excluding carboxylic acids is 1. The Kier molecular flexibility index (Phi) is 3.27. The lowest BCUT2D eigenvalue weighted by atomic mass is 9.78. The maximum absolute atomic E-state index is 11.0. The summed E-state index contributed by atoms with van der Waals surface area (Å²) in [4.78, 5) is 11.0. The lowest BCUT2D eigenvalue weighted by molar-refractivity contribution is -0.119. The van der Waals surface area contributed by atoms with Crippen molar-refractivity contribution in [3.63, 3.8) is 0 Å². The predicted molar refractivity (Wildman–Crippen MR) is 49.8 cm³/mol. The van der Waals surface area contributed by atoms with Gasteiger partial charge < -0.3 is 5.73 Å². The van der Waals surface area contributed by atoms with Gasteiger partial charge in [-0.3, -0.25) is 4.79 Å². The molecule has 0 saturated heterocycles. The molecule has 1 rings (SSSR count). The molecule has 12 heavy (non-hydrogen) atoms. The highest BCUT2D eigenvalue weighted by molar-refractivity contribution is 5.81. The van der Waals surface area contributed by atoms with Crippen molar-refractivity contribution >= 4 is 5.78 Å². The van der Waals surface area contributed by atoms with Crippen LogP contribution in [0.2, 0.25) is 0 Å². The largest absolute Gasteiger partial charge is 0.321 e. The molecule has 3 atom stereocenters. The molecule has 1 aliphatic rings. The van der Waals surface area contributed by atoms with Crippen LogP contribution in [0.25, 0.3) is 0 Å². The Morgan fingerprint density at radius 2 is 2.17 bits per heavy atom. The third-order valence-corrected chi connectivity index (χ3v) is 2.95. The lowest BCUT2D eigenvalue weighted by Gasteiger charge is -2.29. The monoisotopic (exact) mass is 169 g/mol. The zero-order valence-electron chi connectivity index (χ0n) is 8.05. The minimum absolute atomic E-state index is 0.147. The Hall–Kier alpha value is -0.370. The number of ketones is 1. The van der Waals surface area contributed by atoms with Crippen LogP contribution in [0, 0.1) is 11.8 Å². The maximum atomic E-state index is 11.0. The first-order chi connectivity index (χ1) is 5.61. The van der Waals surface area contributed by atoms with Crippen molar-refractivity contribution in [1.29, 1.82) is 0 Å². The second kappa shape index (κ2) is 4.04. The molecule has 2 N–H and O–H groups in total. The molecule has 2 heteroatoms. The molecule has 0 aromatic heterocycles. The molecular weight excluding hydrogens is 150 g/mol. The third kappa shape index (κ3) is 2.31. The van der Waals surface area contributed by atoms with E-state index in [0.29, 0.717) is 5.92 Å². The van der Waals surface area contributed by atoms with Gasteiger partial charge in [-0.25, -0.2) is 0 Å². The predicted octanol–water partition coefficient (Wildman–Crippen LogP) is 1.73. The molecule has 1 fully saturated rings. The summed E-state index contributed by atoms with van der Waals surface area (Å²) in [7, 11) is 0. The van der Waals surface area contributed by atoms with E-state index in [2.05, 4.69) is 6.92 Å². The zero-order chi connectivity index (χ0) is 9.14. The standard InChI is InChI=1S/C10H19NO/c1-7-4-3-5-9(6-7)10(11)8(2)12/h7,9-10H,3-6,11H2,1-2H3. The normalized spacial score (nSPS) is 32.9. The summed E-state index contributed by atoms with van der Waals surface area (Å²) in [5.41, 5.74) is 5.80. The van der Waals surface area contributed by atoms with Gasteiger partial charge in [0.25, 0.3) is 0 Å². The first kappa shape index (κ1) is 9.72. The molecule has 0 heterocycles. The van der Waals surface area contributed by atoms with Gasteiger partial charge >= 0.3 is 0 Å². The molecule has 0 aromatic carbocycles. The number of carbonyl (C=O) groups is 1. The molecule has 3 unspecified atom stereocenters. The quantitative estimate of drug-likeness (QED) is 0.684. The van der Waals surface area contributed by atoms with E-state index in [9.17, 15) is 4.79 Å². The summed E-state index contributed by atoms with van der Waals surface area (Å²) >= 11 is 0. The van der Waals surface area contributed by atoms with Gasteiger partial charge in [0.15, 0.2) is 0 Å². The Balaban J connectivity index is 2.45. The van der Waals surface area contributed by atoms with Crippen LogP contribution < -0.4 is 5.73 Å². The minimum Gasteiger partial charge on any atom is -0.321 e. The van der Waals surface area contributed by atoms with Gasteiger partial charge in [-0.2, -0.15) is 0 Å². The lowest BCUT2D eigenvalue weighted by Crippen LogP contribution is -2.38. The van der Waals surface area contributed by atoms with Gasteiger partial charge in [0.2, 0.25) is 0 Å². The molecular formula is C10H19NO. The van der Waals surface area contributed by atoms with Crippen LogP contribution in [0.3, 0.4) is 0 Å². The fourth-order valence-electron chi connectivity index (χ4n) is 2.14. The van der Waals surface area contributed by atoms with Crippen LogP contribution in [0.4, 0.5) is 0 Å². The van der Waals surface area contributed by atoms with Gasteiger partial charge in [0.05, 0.1) is 6.04 Å². The van der Waals surface area contributed by atoms with Gasteiger partial charge in [-0.1, -0.05) is 19.8 Å². The van der Waals surface area contributed by atoms with Gasteiger partial charge in [0.1, 0.15) is 5.78 Å². The van der Waals surface area contributed by atoms with Gasteiger partial charge in [-0.05, 0) is 31.6 Å². The summed E-state index contributed by atoms with van der Waals surface area (Å²) in [6, 6.07) is -0.201. The van der Waals surface area contributed by atoms with Crippen molar-refractivity contribution in [2.24, 2.45) is 17.6 Å². The van der Waals surface area contributed by atoms with Crippen LogP contribution in [-0.4, -0.2) is 11.8 Å². The van der Waals surface area contributed by atoms with Crippen molar-refractivity contribution in [3.8, 4) is 0 Å². The summed E-state index contributed by atoms with van der Waals surface area (Å²) in [6.45, 7) is 3.85. The second-order valence-electron chi connectivity index (χ2n) is 4.17.